The SMILES string of the molecule is CN1CCN(Cc2nc3cc(N)ccc3[nH]2)CC1.Cl.Cl.Cl.Cl. The summed E-state index contributed by atoms with van der Waals surface area (Å²) in [5.74, 6) is 1.03. The molecule has 5 nitrogen and oxygen atoms in total. The third-order valence-corrected chi connectivity index (χ3v) is 3.53. The molecule has 0 radical (unpaired) electrons. The second-order valence-electron chi connectivity index (χ2n) is 5.04. The summed E-state index contributed by atoms with van der Waals surface area (Å²) >= 11 is 0. The fourth-order valence-electron chi connectivity index (χ4n) is 2.37. The van der Waals surface area contributed by atoms with Crippen LogP contribution >= 0.6 is 49.6 Å². The monoisotopic (exact) mass is 389 g/mol. The number of piperazine rings is 1. The van der Waals surface area contributed by atoms with Crippen LogP contribution in [0.15, 0.2) is 18.2 Å². The number of hydrogen-bond acceptors (Lipinski definition) is 4. The molecule has 22 heavy (non-hydrogen) atoms. The Morgan fingerprint density at radius 3 is 2.36 bits per heavy atom. The Hall–Kier alpha value is -0.430. The fourth-order valence-corrected chi connectivity index (χ4v) is 2.37. The normalized spacial score (nSPS) is 15.1. The van der Waals surface area contributed by atoms with Gasteiger partial charge in [0.2, 0.25) is 0 Å². The van der Waals surface area contributed by atoms with Crippen molar-refractivity contribution >= 4 is 66.3 Å². The highest BCUT2D eigenvalue weighted by molar-refractivity contribution is 5.86. The number of nitrogens with zero attached hydrogens (tertiary/aromatic N) is 3. The van der Waals surface area contributed by atoms with Crippen molar-refractivity contribution in [2.45, 2.75) is 6.54 Å². The summed E-state index contributed by atoms with van der Waals surface area (Å²) in [6.07, 6.45) is 0. The van der Waals surface area contributed by atoms with Crippen molar-refractivity contribution in [3.05, 3.63) is 24.0 Å². The number of benzene rings is 1. The standard InChI is InChI=1S/C13H19N5.4ClH/c1-17-4-6-18(7-5-17)9-13-15-11-3-2-10(14)8-12(11)16-13;;;;/h2-3,8H,4-7,9,14H2,1H3,(H,15,16);4*1H. The Kier molecular flexibility index (Phi) is 11.2. The third kappa shape index (κ3) is 5.65. The second-order valence-corrected chi connectivity index (χ2v) is 5.04. The zero-order valence-electron chi connectivity index (χ0n) is 12.3. The molecule has 0 spiro atoms. The lowest BCUT2D eigenvalue weighted by molar-refractivity contribution is 0.146. The Labute approximate surface area is 155 Å². The predicted molar refractivity (Wildman–Crippen MR) is 102 cm³/mol. The molecule has 1 aliphatic heterocycles. The number of imidazole rings is 1. The maximum atomic E-state index is 5.76. The molecule has 9 heteroatoms. The van der Waals surface area contributed by atoms with Crippen molar-refractivity contribution in [1.29, 1.82) is 0 Å². The molecule has 2 aromatic rings. The van der Waals surface area contributed by atoms with Gasteiger partial charge in [0.1, 0.15) is 5.82 Å². The number of anilines is 1. The molecule has 1 aromatic carbocycles. The number of H-pyrrole nitrogens is 1. The molecule has 2 heterocycles. The van der Waals surface area contributed by atoms with Crippen LogP contribution in [-0.2, 0) is 6.54 Å². The average Bonchev–Trinajstić information content (AvgIpc) is 2.73. The fraction of sp³-hybridized carbons (Fsp3) is 0.462. The summed E-state index contributed by atoms with van der Waals surface area (Å²) in [6, 6.07) is 5.81. The minimum absolute atomic E-state index is 0. The van der Waals surface area contributed by atoms with E-state index in [0.29, 0.717) is 0 Å². The van der Waals surface area contributed by atoms with Gasteiger partial charge in [0.15, 0.2) is 0 Å². The number of hydrogen-bond donors (Lipinski definition) is 2. The van der Waals surface area contributed by atoms with Crippen LogP contribution in [-0.4, -0.2) is 53.0 Å². The minimum Gasteiger partial charge on any atom is -0.399 e. The molecule has 3 rings (SSSR count). The summed E-state index contributed by atoms with van der Waals surface area (Å²) in [5.41, 5.74) is 8.55. The number of aromatic nitrogens is 2. The smallest absolute Gasteiger partial charge is 0.121 e. The third-order valence-electron chi connectivity index (χ3n) is 3.53. The Balaban J connectivity index is 0. The highest BCUT2D eigenvalue weighted by Crippen LogP contribution is 2.16. The van der Waals surface area contributed by atoms with Gasteiger partial charge in [-0.25, -0.2) is 4.98 Å². The van der Waals surface area contributed by atoms with Gasteiger partial charge in [-0.3, -0.25) is 4.90 Å². The summed E-state index contributed by atoms with van der Waals surface area (Å²) in [6.45, 7) is 5.37. The van der Waals surface area contributed by atoms with Crippen LogP contribution in [0.1, 0.15) is 5.82 Å². The highest BCUT2D eigenvalue weighted by atomic mass is 35.5. The summed E-state index contributed by atoms with van der Waals surface area (Å²) in [7, 11) is 2.17. The number of rotatable bonds is 2. The Morgan fingerprint density at radius 1 is 1.09 bits per heavy atom. The lowest BCUT2D eigenvalue weighted by Crippen LogP contribution is -2.44. The van der Waals surface area contributed by atoms with Gasteiger partial charge < -0.3 is 15.6 Å². The maximum Gasteiger partial charge on any atom is 0.121 e. The molecule has 0 bridgehead atoms. The number of nitrogens with one attached hydrogen (secondary N) is 1. The van der Waals surface area contributed by atoms with Crippen molar-refractivity contribution in [2.75, 3.05) is 39.0 Å². The zero-order valence-corrected chi connectivity index (χ0v) is 15.6. The van der Waals surface area contributed by atoms with Crippen LogP contribution in [0.25, 0.3) is 11.0 Å². The Bertz CT molecular complexity index is 554. The van der Waals surface area contributed by atoms with Crippen molar-refractivity contribution in [3.8, 4) is 0 Å². The van der Waals surface area contributed by atoms with Gasteiger partial charge in [-0.1, -0.05) is 0 Å². The van der Waals surface area contributed by atoms with Gasteiger partial charge in [0, 0.05) is 31.9 Å². The first kappa shape index (κ1) is 23.8. The lowest BCUT2D eigenvalue weighted by atomic mass is 10.3. The van der Waals surface area contributed by atoms with Crippen LogP contribution in [0.4, 0.5) is 5.69 Å². The lowest BCUT2D eigenvalue weighted by Gasteiger charge is -2.31. The van der Waals surface area contributed by atoms with Crippen molar-refractivity contribution in [3.63, 3.8) is 0 Å². The molecule has 0 amide bonds. The van der Waals surface area contributed by atoms with Gasteiger partial charge in [0.05, 0.1) is 17.6 Å². The number of nitrogens with two attached hydrogens (primary N) is 1. The molecule has 1 saturated heterocycles. The van der Waals surface area contributed by atoms with E-state index >= 15 is 0 Å². The molecule has 1 fully saturated rings. The van der Waals surface area contributed by atoms with E-state index < -0.39 is 0 Å². The van der Waals surface area contributed by atoms with Crippen LogP contribution in [0.5, 0.6) is 0 Å². The molecule has 0 aliphatic carbocycles. The molecular formula is C13H23Cl4N5. The second kappa shape index (κ2) is 10.4. The molecule has 1 aromatic heterocycles. The average molecular weight is 391 g/mol. The van der Waals surface area contributed by atoms with E-state index in [4.69, 9.17) is 5.73 Å². The first-order valence-corrected chi connectivity index (χ1v) is 6.36. The van der Waals surface area contributed by atoms with Crippen LogP contribution in [0.2, 0.25) is 0 Å². The van der Waals surface area contributed by atoms with E-state index in [2.05, 4.69) is 26.8 Å². The van der Waals surface area contributed by atoms with Crippen molar-refractivity contribution < 1.29 is 0 Å². The molecular weight excluding hydrogens is 368 g/mol. The molecule has 3 N–H and O–H groups in total. The van der Waals surface area contributed by atoms with E-state index in [-0.39, 0.29) is 49.6 Å². The quantitative estimate of drug-likeness (QED) is 0.773. The van der Waals surface area contributed by atoms with Gasteiger partial charge in [0.25, 0.3) is 0 Å². The van der Waals surface area contributed by atoms with Gasteiger partial charge >= 0.3 is 0 Å². The van der Waals surface area contributed by atoms with Gasteiger partial charge in [-0.05, 0) is 25.2 Å². The zero-order chi connectivity index (χ0) is 12.5. The van der Waals surface area contributed by atoms with Crippen LogP contribution < -0.4 is 5.73 Å². The molecule has 0 unspecified atom stereocenters. The molecule has 128 valence electrons. The van der Waals surface area contributed by atoms with Crippen LogP contribution in [0.3, 0.4) is 0 Å². The summed E-state index contributed by atoms with van der Waals surface area (Å²) in [4.78, 5) is 12.7. The van der Waals surface area contributed by atoms with Crippen molar-refractivity contribution in [2.24, 2.45) is 0 Å². The number of halogens is 4. The number of nitrogen functional groups attached to an aromatic ring is 1. The number of likely N-dealkylation sites (N-methyl/N-ethyl adjacent to an activating group) is 1. The number of aromatic amines is 1. The number of fused-ring (bicyclic) bond motifs is 1. The van der Waals surface area contributed by atoms with E-state index in [1.807, 2.05) is 18.2 Å². The first-order valence-electron chi connectivity index (χ1n) is 6.36. The molecule has 0 atom stereocenters. The Morgan fingerprint density at radius 2 is 1.73 bits per heavy atom. The first-order chi connectivity index (χ1) is 8.70. The van der Waals surface area contributed by atoms with E-state index in [1.165, 1.54) is 0 Å². The van der Waals surface area contributed by atoms with Crippen LogP contribution in [0, 0.1) is 0 Å². The van der Waals surface area contributed by atoms with E-state index in [9.17, 15) is 0 Å². The van der Waals surface area contributed by atoms with E-state index in [1.54, 1.807) is 0 Å². The molecule has 1 aliphatic rings. The summed E-state index contributed by atoms with van der Waals surface area (Å²) < 4.78 is 0. The maximum absolute atomic E-state index is 5.76. The van der Waals surface area contributed by atoms with E-state index in [0.717, 1.165) is 55.3 Å². The topological polar surface area (TPSA) is 61.2 Å². The largest absolute Gasteiger partial charge is 0.399 e. The minimum atomic E-state index is 0. The predicted octanol–water partition coefficient (Wildman–Crippen LogP) is 2.58. The van der Waals surface area contributed by atoms with Gasteiger partial charge in [-0.15, -0.1) is 49.6 Å². The highest BCUT2D eigenvalue weighted by Gasteiger charge is 2.15. The molecule has 0 saturated carbocycles. The van der Waals surface area contributed by atoms with Gasteiger partial charge in [-0.2, -0.15) is 0 Å². The van der Waals surface area contributed by atoms with Crippen molar-refractivity contribution in [1.82, 2.24) is 19.8 Å². The summed E-state index contributed by atoms with van der Waals surface area (Å²) in [5, 5.41) is 0.